The summed E-state index contributed by atoms with van der Waals surface area (Å²) in [5, 5.41) is 2.71. The SMILES string of the molecule is COc1cc([C@@H]2CC(=O)Nc3nc(-c4ccccc4)[nH]c(=O)c32)ccc1OCC(N)=O. The lowest BCUT2D eigenvalue weighted by atomic mass is 9.86. The average Bonchev–Trinajstić information content (AvgIpc) is 2.77. The molecule has 9 heteroatoms. The number of nitrogens with one attached hydrogen (secondary N) is 2. The first-order valence-electron chi connectivity index (χ1n) is 9.54. The van der Waals surface area contributed by atoms with E-state index in [-0.39, 0.29) is 30.3 Å². The van der Waals surface area contributed by atoms with Gasteiger partial charge in [-0.05, 0) is 17.7 Å². The second-order valence-corrected chi connectivity index (χ2v) is 7.01. The largest absolute Gasteiger partial charge is 0.493 e. The van der Waals surface area contributed by atoms with Gasteiger partial charge in [0.05, 0.1) is 12.7 Å². The number of nitrogens with two attached hydrogens (primary N) is 1. The molecule has 2 heterocycles. The first-order chi connectivity index (χ1) is 15.0. The van der Waals surface area contributed by atoms with Crippen molar-refractivity contribution in [2.75, 3.05) is 19.0 Å². The average molecular weight is 420 g/mol. The number of fused-ring (bicyclic) bond motifs is 1. The van der Waals surface area contributed by atoms with Gasteiger partial charge in [-0.1, -0.05) is 36.4 Å². The molecule has 3 aromatic rings. The highest BCUT2D eigenvalue weighted by Gasteiger charge is 2.31. The van der Waals surface area contributed by atoms with Crippen LogP contribution in [0.1, 0.15) is 23.5 Å². The number of methoxy groups -OCH3 is 1. The lowest BCUT2D eigenvalue weighted by Crippen LogP contribution is -2.31. The molecule has 2 amide bonds. The van der Waals surface area contributed by atoms with E-state index in [1.807, 2.05) is 30.3 Å². The summed E-state index contributed by atoms with van der Waals surface area (Å²) in [6, 6.07) is 14.2. The Balaban J connectivity index is 1.75. The molecule has 0 fully saturated rings. The molecule has 1 atom stereocenters. The summed E-state index contributed by atoms with van der Waals surface area (Å²) in [7, 11) is 1.46. The monoisotopic (exact) mass is 420 g/mol. The molecule has 0 aliphatic carbocycles. The van der Waals surface area contributed by atoms with Gasteiger partial charge in [-0.15, -0.1) is 0 Å². The van der Waals surface area contributed by atoms with Crippen LogP contribution in [0.25, 0.3) is 11.4 Å². The van der Waals surface area contributed by atoms with Crippen molar-refractivity contribution < 1.29 is 19.1 Å². The number of hydrogen-bond acceptors (Lipinski definition) is 6. The van der Waals surface area contributed by atoms with E-state index in [4.69, 9.17) is 15.2 Å². The van der Waals surface area contributed by atoms with Crippen molar-refractivity contribution in [1.82, 2.24) is 9.97 Å². The molecule has 158 valence electrons. The van der Waals surface area contributed by atoms with Gasteiger partial charge in [0.15, 0.2) is 18.1 Å². The number of primary amides is 1. The molecule has 31 heavy (non-hydrogen) atoms. The highest BCUT2D eigenvalue weighted by Crippen LogP contribution is 2.38. The fraction of sp³-hybridized carbons (Fsp3) is 0.182. The third-order valence-corrected chi connectivity index (χ3v) is 4.96. The van der Waals surface area contributed by atoms with Gasteiger partial charge in [0.25, 0.3) is 11.5 Å². The van der Waals surface area contributed by atoms with E-state index in [0.29, 0.717) is 28.5 Å². The molecule has 0 bridgehead atoms. The van der Waals surface area contributed by atoms with Gasteiger partial charge in [-0.25, -0.2) is 4.98 Å². The summed E-state index contributed by atoms with van der Waals surface area (Å²) in [4.78, 5) is 43.7. The van der Waals surface area contributed by atoms with Crippen LogP contribution in [-0.2, 0) is 9.59 Å². The molecule has 4 N–H and O–H groups in total. The van der Waals surface area contributed by atoms with Crippen molar-refractivity contribution in [2.45, 2.75) is 12.3 Å². The first-order valence-corrected chi connectivity index (χ1v) is 9.54. The molecule has 0 saturated carbocycles. The molecule has 0 saturated heterocycles. The van der Waals surface area contributed by atoms with E-state index < -0.39 is 11.8 Å². The van der Waals surface area contributed by atoms with Crippen molar-refractivity contribution in [2.24, 2.45) is 5.73 Å². The standard InChI is InChI=1S/C22H20N4O5/c1-30-16-9-13(7-8-15(16)31-11-17(23)27)14-10-18(28)24-21-19(14)22(29)26-20(25-21)12-5-3-2-4-6-12/h2-9,14H,10-11H2,1H3,(H2,23,27)(H2,24,25,26,28,29)/t14-/m0/s1. The molecule has 0 spiro atoms. The normalized spacial score (nSPS) is 15.0. The van der Waals surface area contributed by atoms with Gasteiger partial charge in [-0.2, -0.15) is 0 Å². The molecule has 1 aliphatic heterocycles. The molecule has 1 aliphatic rings. The Labute approximate surface area is 177 Å². The van der Waals surface area contributed by atoms with Gasteiger partial charge in [0.1, 0.15) is 11.6 Å². The Morgan fingerprint density at radius 2 is 1.94 bits per heavy atom. The zero-order valence-corrected chi connectivity index (χ0v) is 16.7. The smallest absolute Gasteiger partial charge is 0.257 e. The van der Waals surface area contributed by atoms with Crippen LogP contribution < -0.4 is 26.1 Å². The number of rotatable bonds is 6. The zero-order valence-electron chi connectivity index (χ0n) is 16.7. The summed E-state index contributed by atoms with van der Waals surface area (Å²) in [5.74, 6) is -0.0918. The predicted octanol–water partition coefficient (Wildman–Crippen LogP) is 1.78. The summed E-state index contributed by atoms with van der Waals surface area (Å²) in [6.07, 6.45) is 0.0765. The number of aromatic nitrogens is 2. The predicted molar refractivity (Wildman–Crippen MR) is 113 cm³/mol. The maximum atomic E-state index is 13.0. The summed E-state index contributed by atoms with van der Waals surface area (Å²) >= 11 is 0. The van der Waals surface area contributed by atoms with E-state index in [2.05, 4.69) is 15.3 Å². The van der Waals surface area contributed by atoms with Crippen LogP contribution in [0.2, 0.25) is 0 Å². The van der Waals surface area contributed by atoms with Crippen LogP contribution in [0.3, 0.4) is 0 Å². The molecular weight excluding hydrogens is 400 g/mol. The topological polar surface area (TPSA) is 136 Å². The van der Waals surface area contributed by atoms with Crippen molar-refractivity contribution >= 4 is 17.6 Å². The number of anilines is 1. The van der Waals surface area contributed by atoms with E-state index >= 15 is 0 Å². The lowest BCUT2D eigenvalue weighted by molar-refractivity contribution is -0.120. The number of carbonyl (C=O) groups is 2. The quantitative estimate of drug-likeness (QED) is 0.556. The highest BCUT2D eigenvalue weighted by atomic mass is 16.5. The molecule has 0 unspecified atom stereocenters. The second kappa shape index (κ2) is 8.31. The number of amides is 2. The number of carbonyl (C=O) groups excluding carboxylic acids is 2. The number of hydrogen-bond donors (Lipinski definition) is 3. The van der Waals surface area contributed by atoms with Crippen LogP contribution in [0.5, 0.6) is 11.5 Å². The third kappa shape index (κ3) is 4.11. The second-order valence-electron chi connectivity index (χ2n) is 7.01. The number of ether oxygens (including phenoxy) is 2. The Morgan fingerprint density at radius 3 is 2.65 bits per heavy atom. The minimum absolute atomic E-state index is 0.0765. The minimum atomic E-state index is -0.615. The Morgan fingerprint density at radius 1 is 1.16 bits per heavy atom. The van der Waals surface area contributed by atoms with E-state index in [9.17, 15) is 14.4 Å². The molecule has 9 nitrogen and oxygen atoms in total. The van der Waals surface area contributed by atoms with Crippen LogP contribution in [-0.4, -0.2) is 35.5 Å². The molecule has 4 rings (SSSR count). The van der Waals surface area contributed by atoms with E-state index in [1.165, 1.54) is 7.11 Å². The fourth-order valence-electron chi connectivity index (χ4n) is 3.56. The van der Waals surface area contributed by atoms with Crippen LogP contribution in [0.4, 0.5) is 5.82 Å². The summed E-state index contributed by atoms with van der Waals surface area (Å²) in [5.41, 5.74) is 6.57. The van der Waals surface area contributed by atoms with Gasteiger partial charge >= 0.3 is 0 Å². The van der Waals surface area contributed by atoms with E-state index in [1.54, 1.807) is 18.2 Å². The van der Waals surface area contributed by atoms with Gasteiger partial charge in [-0.3, -0.25) is 14.4 Å². The molecule has 2 aromatic carbocycles. The Kier molecular flexibility index (Phi) is 5.40. The van der Waals surface area contributed by atoms with Crippen LogP contribution in [0.15, 0.2) is 53.3 Å². The van der Waals surface area contributed by atoms with Crippen LogP contribution in [0, 0.1) is 0 Å². The van der Waals surface area contributed by atoms with Gasteiger partial charge in [0.2, 0.25) is 5.91 Å². The Bertz CT molecular complexity index is 1210. The molecule has 0 radical (unpaired) electrons. The van der Waals surface area contributed by atoms with Crippen molar-refractivity contribution in [1.29, 1.82) is 0 Å². The van der Waals surface area contributed by atoms with Crippen LogP contribution >= 0.6 is 0 Å². The highest BCUT2D eigenvalue weighted by molar-refractivity contribution is 5.94. The fourth-order valence-corrected chi connectivity index (χ4v) is 3.56. The number of benzene rings is 2. The van der Waals surface area contributed by atoms with E-state index in [0.717, 1.165) is 5.56 Å². The third-order valence-electron chi connectivity index (χ3n) is 4.96. The van der Waals surface area contributed by atoms with Gasteiger partial charge < -0.3 is 25.5 Å². The number of aromatic amines is 1. The number of H-pyrrole nitrogens is 1. The molecular formula is C22H20N4O5. The lowest BCUT2D eigenvalue weighted by Gasteiger charge is -2.25. The van der Waals surface area contributed by atoms with Crippen molar-refractivity contribution in [3.05, 3.63) is 70.0 Å². The first kappa shape index (κ1) is 20.1. The zero-order chi connectivity index (χ0) is 22.0. The van der Waals surface area contributed by atoms with Crippen molar-refractivity contribution in [3.63, 3.8) is 0 Å². The maximum Gasteiger partial charge on any atom is 0.257 e. The summed E-state index contributed by atoms with van der Waals surface area (Å²) < 4.78 is 10.7. The van der Waals surface area contributed by atoms with Crippen molar-refractivity contribution in [3.8, 4) is 22.9 Å². The number of nitrogens with zero attached hydrogens (tertiary/aromatic N) is 1. The van der Waals surface area contributed by atoms with Gasteiger partial charge in [0, 0.05) is 17.9 Å². The summed E-state index contributed by atoms with van der Waals surface area (Å²) in [6.45, 7) is -0.295. The maximum absolute atomic E-state index is 13.0. The molecule has 1 aromatic heterocycles. The minimum Gasteiger partial charge on any atom is -0.493 e. The Hall–Kier alpha value is -4.14.